The zero-order valence-electron chi connectivity index (χ0n) is 16.1. The van der Waals surface area contributed by atoms with Crippen molar-refractivity contribution in [3.8, 4) is 0 Å². The summed E-state index contributed by atoms with van der Waals surface area (Å²) < 4.78 is 13.2. The van der Waals surface area contributed by atoms with Crippen LogP contribution in [0, 0.1) is 12.7 Å². The van der Waals surface area contributed by atoms with Gasteiger partial charge in [-0.1, -0.05) is 12.1 Å². The summed E-state index contributed by atoms with van der Waals surface area (Å²) >= 11 is 0. The highest BCUT2D eigenvalue weighted by Crippen LogP contribution is 2.30. The smallest absolute Gasteiger partial charge is 0.258 e. The molecule has 2 amide bonds. The van der Waals surface area contributed by atoms with Gasteiger partial charge in [-0.3, -0.25) is 9.59 Å². The lowest BCUT2D eigenvalue weighted by atomic mass is 9.98. The highest BCUT2D eigenvalue weighted by atomic mass is 19.1. The number of rotatable bonds is 3. The van der Waals surface area contributed by atoms with E-state index in [1.54, 1.807) is 11.0 Å². The molecule has 0 aromatic heterocycles. The number of amides is 2. The molecule has 5 heteroatoms. The Labute approximate surface area is 169 Å². The Morgan fingerprint density at radius 2 is 1.72 bits per heavy atom. The molecule has 29 heavy (non-hydrogen) atoms. The topological polar surface area (TPSA) is 49.4 Å². The molecular weight excluding hydrogens is 367 g/mol. The Hall–Kier alpha value is -3.47. The molecule has 0 unspecified atom stereocenters. The lowest BCUT2D eigenvalue weighted by molar-refractivity contribution is 0.0984. The molecule has 3 aromatic carbocycles. The maximum absolute atomic E-state index is 13.2. The van der Waals surface area contributed by atoms with Gasteiger partial charge in [-0.2, -0.15) is 0 Å². The summed E-state index contributed by atoms with van der Waals surface area (Å²) in [7, 11) is 0. The van der Waals surface area contributed by atoms with Crippen molar-refractivity contribution in [2.75, 3.05) is 16.8 Å². The van der Waals surface area contributed by atoms with E-state index in [1.807, 2.05) is 43.3 Å². The van der Waals surface area contributed by atoms with Crippen LogP contribution in [0.2, 0.25) is 0 Å². The van der Waals surface area contributed by atoms with Crippen LogP contribution in [-0.4, -0.2) is 18.4 Å². The molecule has 0 saturated carbocycles. The van der Waals surface area contributed by atoms with E-state index < -0.39 is 0 Å². The van der Waals surface area contributed by atoms with Gasteiger partial charge in [0.2, 0.25) is 0 Å². The second-order valence-corrected chi connectivity index (χ2v) is 7.23. The predicted molar refractivity (Wildman–Crippen MR) is 112 cm³/mol. The minimum Gasteiger partial charge on any atom is -0.322 e. The SMILES string of the molecule is Cc1cccc(NC(=O)c2ccc3c(c2)CCCN3C(=O)c2ccc(F)cc2)c1. The zero-order valence-corrected chi connectivity index (χ0v) is 16.1. The number of nitrogens with one attached hydrogen (secondary N) is 1. The molecule has 146 valence electrons. The third-order valence-electron chi connectivity index (χ3n) is 5.07. The molecule has 0 aliphatic carbocycles. The summed E-state index contributed by atoms with van der Waals surface area (Å²) in [4.78, 5) is 27.2. The average Bonchev–Trinajstić information content (AvgIpc) is 2.73. The van der Waals surface area contributed by atoms with E-state index in [0.717, 1.165) is 35.3 Å². The monoisotopic (exact) mass is 388 g/mol. The summed E-state index contributed by atoms with van der Waals surface area (Å²) in [5.74, 6) is -0.715. The summed E-state index contributed by atoms with van der Waals surface area (Å²) in [5.41, 5.74) is 4.59. The molecule has 0 bridgehead atoms. The number of fused-ring (bicyclic) bond motifs is 1. The minimum atomic E-state index is -0.371. The highest BCUT2D eigenvalue weighted by Gasteiger charge is 2.24. The number of anilines is 2. The number of hydrogen-bond donors (Lipinski definition) is 1. The number of hydrogen-bond acceptors (Lipinski definition) is 2. The summed E-state index contributed by atoms with van der Waals surface area (Å²) in [6, 6.07) is 18.6. The number of benzene rings is 3. The standard InChI is InChI=1S/C24H21FN2O2/c1-16-4-2-6-21(14-16)26-23(28)19-9-12-22-18(15-19)5-3-13-27(22)24(29)17-7-10-20(25)11-8-17/h2,4,6-12,14-15H,3,5,13H2,1H3,(H,26,28). The van der Waals surface area contributed by atoms with Crippen molar-refractivity contribution < 1.29 is 14.0 Å². The van der Waals surface area contributed by atoms with E-state index in [-0.39, 0.29) is 17.6 Å². The third-order valence-corrected chi connectivity index (χ3v) is 5.07. The van der Waals surface area contributed by atoms with Crippen molar-refractivity contribution >= 4 is 23.2 Å². The van der Waals surface area contributed by atoms with E-state index >= 15 is 0 Å². The first-order chi connectivity index (χ1) is 14.0. The van der Waals surface area contributed by atoms with Crippen molar-refractivity contribution in [2.24, 2.45) is 0 Å². The number of aryl methyl sites for hydroxylation is 2. The second kappa shape index (κ2) is 7.87. The van der Waals surface area contributed by atoms with Crippen LogP contribution in [0.5, 0.6) is 0 Å². The lowest BCUT2D eigenvalue weighted by Gasteiger charge is -2.30. The van der Waals surface area contributed by atoms with E-state index in [2.05, 4.69) is 5.32 Å². The highest BCUT2D eigenvalue weighted by molar-refractivity contribution is 6.08. The maximum Gasteiger partial charge on any atom is 0.258 e. The maximum atomic E-state index is 13.2. The molecule has 4 nitrogen and oxygen atoms in total. The van der Waals surface area contributed by atoms with Crippen molar-refractivity contribution in [3.63, 3.8) is 0 Å². The largest absolute Gasteiger partial charge is 0.322 e. The molecular formula is C24H21FN2O2. The van der Waals surface area contributed by atoms with E-state index in [1.165, 1.54) is 24.3 Å². The van der Waals surface area contributed by atoms with Gasteiger partial charge in [-0.15, -0.1) is 0 Å². The molecule has 0 radical (unpaired) electrons. The van der Waals surface area contributed by atoms with E-state index in [4.69, 9.17) is 0 Å². The van der Waals surface area contributed by atoms with Gasteiger partial charge in [0.05, 0.1) is 0 Å². The first-order valence-corrected chi connectivity index (χ1v) is 9.59. The zero-order chi connectivity index (χ0) is 20.4. The molecule has 1 aliphatic heterocycles. The molecule has 1 heterocycles. The Balaban J connectivity index is 1.57. The molecule has 1 aliphatic rings. The number of nitrogens with zero attached hydrogens (tertiary/aromatic N) is 1. The number of carbonyl (C=O) groups excluding carboxylic acids is 2. The van der Waals surface area contributed by atoms with E-state index in [0.29, 0.717) is 17.7 Å². The van der Waals surface area contributed by atoms with Crippen LogP contribution in [0.25, 0.3) is 0 Å². The fourth-order valence-corrected chi connectivity index (χ4v) is 3.62. The minimum absolute atomic E-state index is 0.164. The summed E-state index contributed by atoms with van der Waals surface area (Å²) in [5, 5.41) is 2.92. The third kappa shape index (κ3) is 4.04. The molecule has 0 saturated heterocycles. The molecule has 0 atom stereocenters. The summed E-state index contributed by atoms with van der Waals surface area (Å²) in [6.45, 7) is 2.57. The van der Waals surface area contributed by atoms with Gasteiger partial charge in [0.25, 0.3) is 11.8 Å². The predicted octanol–water partition coefficient (Wildman–Crippen LogP) is 4.98. The van der Waals surface area contributed by atoms with Crippen LogP contribution in [0.1, 0.15) is 38.3 Å². The molecule has 0 fully saturated rings. The average molecular weight is 388 g/mol. The van der Waals surface area contributed by atoms with Crippen LogP contribution in [0.3, 0.4) is 0 Å². The fraction of sp³-hybridized carbons (Fsp3) is 0.167. The Kier molecular flexibility index (Phi) is 5.12. The van der Waals surface area contributed by atoms with Gasteiger partial charge in [-0.05, 0) is 85.5 Å². The Bertz CT molecular complexity index is 1080. The van der Waals surface area contributed by atoms with Gasteiger partial charge < -0.3 is 10.2 Å². The van der Waals surface area contributed by atoms with Crippen LogP contribution in [0.15, 0.2) is 66.7 Å². The first-order valence-electron chi connectivity index (χ1n) is 9.59. The first kappa shape index (κ1) is 18.9. The molecule has 4 rings (SSSR count). The van der Waals surface area contributed by atoms with Crippen molar-refractivity contribution in [1.29, 1.82) is 0 Å². The van der Waals surface area contributed by atoms with Gasteiger partial charge in [-0.25, -0.2) is 4.39 Å². The van der Waals surface area contributed by atoms with Crippen LogP contribution >= 0.6 is 0 Å². The molecule has 1 N–H and O–H groups in total. The lowest BCUT2D eigenvalue weighted by Crippen LogP contribution is -2.35. The van der Waals surface area contributed by atoms with Gasteiger partial charge in [0, 0.05) is 29.0 Å². The number of halogens is 1. The summed E-state index contributed by atoms with van der Waals surface area (Å²) in [6.07, 6.45) is 1.61. The Morgan fingerprint density at radius 3 is 2.48 bits per heavy atom. The van der Waals surface area contributed by atoms with Gasteiger partial charge >= 0.3 is 0 Å². The van der Waals surface area contributed by atoms with Crippen LogP contribution in [0.4, 0.5) is 15.8 Å². The fourth-order valence-electron chi connectivity index (χ4n) is 3.62. The second-order valence-electron chi connectivity index (χ2n) is 7.23. The van der Waals surface area contributed by atoms with Crippen LogP contribution in [-0.2, 0) is 6.42 Å². The van der Waals surface area contributed by atoms with E-state index in [9.17, 15) is 14.0 Å². The van der Waals surface area contributed by atoms with Crippen molar-refractivity contribution in [3.05, 3.63) is 94.8 Å². The normalized spacial score (nSPS) is 13.0. The quantitative estimate of drug-likeness (QED) is 0.688. The number of carbonyl (C=O) groups is 2. The van der Waals surface area contributed by atoms with Gasteiger partial charge in [0.1, 0.15) is 5.82 Å². The van der Waals surface area contributed by atoms with Crippen LogP contribution < -0.4 is 10.2 Å². The molecule has 0 spiro atoms. The molecule has 3 aromatic rings. The van der Waals surface area contributed by atoms with Crippen molar-refractivity contribution in [2.45, 2.75) is 19.8 Å². The van der Waals surface area contributed by atoms with Gasteiger partial charge in [0.15, 0.2) is 0 Å². The van der Waals surface area contributed by atoms with Crippen molar-refractivity contribution in [1.82, 2.24) is 0 Å². The Morgan fingerprint density at radius 1 is 0.966 bits per heavy atom.